The van der Waals surface area contributed by atoms with Crippen LogP contribution >= 0.6 is 0 Å². The smallest absolute Gasteiger partial charge is 0.163 e. The fraction of sp³-hybridized carbons (Fsp3) is 1.00. The molecule has 0 saturated carbocycles. The average Bonchev–Trinajstić information content (AvgIpc) is 2.56. The van der Waals surface area contributed by atoms with E-state index in [1.54, 1.807) is 6.92 Å². The largest absolute Gasteiger partial charge is 0.394 e. The van der Waals surface area contributed by atoms with Crippen LogP contribution in [0.25, 0.3) is 0 Å². The lowest BCUT2D eigenvalue weighted by atomic mass is 9.92. The Labute approximate surface area is 143 Å². The van der Waals surface area contributed by atoms with Gasteiger partial charge in [-0.15, -0.1) is 0 Å². The van der Waals surface area contributed by atoms with E-state index >= 15 is 0 Å². The zero-order valence-corrected chi connectivity index (χ0v) is 14.8. The number of hydrogen-bond acceptors (Lipinski definition) is 8. The molecule has 6 unspecified atom stereocenters. The van der Waals surface area contributed by atoms with Crippen molar-refractivity contribution >= 4 is 0 Å². The monoisotopic (exact) mass is 352 g/mol. The van der Waals surface area contributed by atoms with E-state index < -0.39 is 55.4 Å². The zero-order chi connectivity index (χ0) is 18.4. The van der Waals surface area contributed by atoms with Crippen LogP contribution in [0.3, 0.4) is 0 Å². The molecule has 144 valence electrons. The lowest BCUT2D eigenvalue weighted by Gasteiger charge is -2.43. The van der Waals surface area contributed by atoms with E-state index in [2.05, 4.69) is 0 Å². The maximum atomic E-state index is 10.1. The van der Waals surface area contributed by atoms with E-state index in [9.17, 15) is 25.5 Å². The minimum absolute atomic E-state index is 0.130. The Morgan fingerprint density at radius 1 is 1.12 bits per heavy atom. The molecule has 0 spiro atoms. The van der Waals surface area contributed by atoms with Gasteiger partial charge in [-0.05, 0) is 20.3 Å². The van der Waals surface area contributed by atoms with Crippen molar-refractivity contribution in [3.8, 4) is 0 Å². The first-order valence-corrected chi connectivity index (χ1v) is 8.49. The predicted molar refractivity (Wildman–Crippen MR) is 85.2 cm³/mol. The van der Waals surface area contributed by atoms with Crippen LogP contribution in [-0.2, 0) is 14.2 Å². The second-order valence-corrected chi connectivity index (χ2v) is 6.48. The first-order chi connectivity index (χ1) is 11.3. The molecule has 0 amide bonds. The van der Waals surface area contributed by atoms with Crippen molar-refractivity contribution in [2.24, 2.45) is 5.92 Å². The Bertz CT molecular complexity index is 351. The first kappa shape index (κ1) is 21.7. The summed E-state index contributed by atoms with van der Waals surface area (Å²) in [5.74, 6) is -0.591. The van der Waals surface area contributed by atoms with Crippen LogP contribution < -0.4 is 0 Å². The van der Waals surface area contributed by atoms with Crippen LogP contribution in [0.4, 0.5) is 0 Å². The standard InChI is InChI=1S/C16H32O8/c1-5-8(2)22-12(7-18)15(10(4)19)24-16-9(3)13(20)14(21)11(6-17)23-16/h8-21H,5-7H2,1-4H3/t8?,9?,10?,11?,12?,13?,14-,15+,16+/m1/s1. The summed E-state index contributed by atoms with van der Waals surface area (Å²) in [6.07, 6.45) is -6.33. The molecule has 5 N–H and O–H groups in total. The molecule has 1 rings (SSSR count). The molecule has 24 heavy (non-hydrogen) atoms. The van der Waals surface area contributed by atoms with Crippen molar-refractivity contribution in [3.63, 3.8) is 0 Å². The molecule has 0 aromatic heterocycles. The Balaban J connectivity index is 2.86. The molecule has 1 aliphatic rings. The molecular formula is C16H32O8. The third kappa shape index (κ3) is 5.34. The van der Waals surface area contributed by atoms with Gasteiger partial charge in [-0.3, -0.25) is 0 Å². The molecule has 9 atom stereocenters. The molecule has 1 saturated heterocycles. The molecule has 0 aromatic carbocycles. The van der Waals surface area contributed by atoms with Crippen LogP contribution in [-0.4, -0.2) is 87.8 Å². The molecule has 0 radical (unpaired) electrons. The summed E-state index contributed by atoms with van der Waals surface area (Å²) >= 11 is 0. The highest BCUT2D eigenvalue weighted by molar-refractivity contribution is 4.88. The minimum atomic E-state index is -1.22. The van der Waals surface area contributed by atoms with E-state index in [4.69, 9.17) is 14.2 Å². The lowest BCUT2D eigenvalue weighted by Crippen LogP contribution is -2.57. The summed E-state index contributed by atoms with van der Waals surface area (Å²) in [6.45, 7) is 6.10. The highest BCUT2D eigenvalue weighted by Crippen LogP contribution is 2.29. The summed E-state index contributed by atoms with van der Waals surface area (Å²) < 4.78 is 17.0. The van der Waals surface area contributed by atoms with Gasteiger partial charge in [0.15, 0.2) is 6.29 Å². The SMILES string of the molecule is CCC(C)OC(CO)[C@@H](O[C@@H]1OC(CO)[C@@H](O)C(O)C1C)C(C)O. The van der Waals surface area contributed by atoms with E-state index in [-0.39, 0.29) is 12.7 Å². The quantitative estimate of drug-likeness (QED) is 0.357. The number of aliphatic hydroxyl groups is 5. The molecule has 0 aliphatic carbocycles. The number of hydrogen-bond donors (Lipinski definition) is 5. The fourth-order valence-corrected chi connectivity index (χ4v) is 2.66. The van der Waals surface area contributed by atoms with Crippen LogP contribution in [0.1, 0.15) is 34.1 Å². The van der Waals surface area contributed by atoms with Gasteiger partial charge >= 0.3 is 0 Å². The molecule has 0 aromatic rings. The van der Waals surface area contributed by atoms with Gasteiger partial charge in [-0.25, -0.2) is 0 Å². The van der Waals surface area contributed by atoms with Crippen LogP contribution in [0.2, 0.25) is 0 Å². The number of aliphatic hydroxyl groups excluding tert-OH is 5. The summed E-state index contributed by atoms with van der Waals surface area (Å²) in [6, 6.07) is 0. The second-order valence-electron chi connectivity index (χ2n) is 6.48. The fourth-order valence-electron chi connectivity index (χ4n) is 2.66. The van der Waals surface area contributed by atoms with Gasteiger partial charge in [0.1, 0.15) is 24.4 Å². The zero-order valence-electron chi connectivity index (χ0n) is 14.8. The predicted octanol–water partition coefficient (Wildman–Crippen LogP) is -0.996. The van der Waals surface area contributed by atoms with Gasteiger partial charge in [0.25, 0.3) is 0 Å². The van der Waals surface area contributed by atoms with Crippen LogP contribution in [0, 0.1) is 5.92 Å². The second kappa shape index (κ2) is 9.98. The Hall–Kier alpha value is -0.320. The third-order valence-electron chi connectivity index (χ3n) is 4.48. The van der Waals surface area contributed by atoms with Gasteiger partial charge in [0.2, 0.25) is 0 Å². The van der Waals surface area contributed by atoms with E-state index in [0.717, 1.165) is 6.42 Å². The first-order valence-electron chi connectivity index (χ1n) is 8.49. The Morgan fingerprint density at radius 2 is 1.75 bits per heavy atom. The molecule has 1 aliphatic heterocycles. The number of ether oxygens (including phenoxy) is 3. The Morgan fingerprint density at radius 3 is 2.21 bits per heavy atom. The topological polar surface area (TPSA) is 129 Å². The maximum Gasteiger partial charge on any atom is 0.163 e. The van der Waals surface area contributed by atoms with Gasteiger partial charge in [-0.2, -0.15) is 0 Å². The van der Waals surface area contributed by atoms with Crippen LogP contribution in [0.15, 0.2) is 0 Å². The summed E-state index contributed by atoms with van der Waals surface area (Å²) in [5.41, 5.74) is 0. The van der Waals surface area contributed by atoms with E-state index in [0.29, 0.717) is 0 Å². The maximum absolute atomic E-state index is 10.1. The van der Waals surface area contributed by atoms with Crippen molar-refractivity contribution in [1.82, 2.24) is 0 Å². The van der Waals surface area contributed by atoms with Gasteiger partial charge in [0, 0.05) is 5.92 Å². The van der Waals surface area contributed by atoms with E-state index in [1.807, 2.05) is 13.8 Å². The van der Waals surface area contributed by atoms with Gasteiger partial charge < -0.3 is 39.7 Å². The molecule has 1 heterocycles. The molecule has 0 bridgehead atoms. The molecule has 8 nitrogen and oxygen atoms in total. The summed E-state index contributed by atoms with van der Waals surface area (Å²) in [4.78, 5) is 0. The highest BCUT2D eigenvalue weighted by Gasteiger charge is 2.44. The van der Waals surface area contributed by atoms with Crippen molar-refractivity contribution in [2.75, 3.05) is 13.2 Å². The molecular weight excluding hydrogens is 320 g/mol. The Kier molecular flexibility index (Phi) is 9.03. The van der Waals surface area contributed by atoms with Gasteiger partial charge in [0.05, 0.1) is 31.5 Å². The van der Waals surface area contributed by atoms with Crippen molar-refractivity contribution in [1.29, 1.82) is 0 Å². The average molecular weight is 352 g/mol. The third-order valence-corrected chi connectivity index (χ3v) is 4.48. The summed E-state index contributed by atoms with van der Waals surface area (Å²) in [5, 5.41) is 48.8. The molecule has 1 fully saturated rings. The minimum Gasteiger partial charge on any atom is -0.394 e. The lowest BCUT2D eigenvalue weighted by molar-refractivity contribution is -0.311. The number of rotatable bonds is 9. The molecule has 8 heteroatoms. The van der Waals surface area contributed by atoms with Crippen LogP contribution in [0.5, 0.6) is 0 Å². The van der Waals surface area contributed by atoms with Crippen molar-refractivity contribution in [3.05, 3.63) is 0 Å². The normalized spacial score (nSPS) is 36.1. The summed E-state index contributed by atoms with van der Waals surface area (Å²) in [7, 11) is 0. The van der Waals surface area contributed by atoms with E-state index in [1.165, 1.54) is 6.92 Å². The highest BCUT2D eigenvalue weighted by atomic mass is 16.7. The van der Waals surface area contributed by atoms with Crippen molar-refractivity contribution < 1.29 is 39.7 Å². The van der Waals surface area contributed by atoms with Gasteiger partial charge in [-0.1, -0.05) is 13.8 Å². The van der Waals surface area contributed by atoms with Crippen molar-refractivity contribution in [2.45, 2.75) is 83.1 Å².